The molecule has 1 aliphatic heterocycles. The summed E-state index contributed by atoms with van der Waals surface area (Å²) in [6.45, 7) is 5.49. The monoisotopic (exact) mass is 559 g/mol. The Balaban J connectivity index is 1.23. The molecule has 0 atom stereocenters. The van der Waals surface area contributed by atoms with Crippen LogP contribution < -0.4 is 19.5 Å². The van der Waals surface area contributed by atoms with Gasteiger partial charge in [0.1, 0.15) is 19.0 Å². The van der Waals surface area contributed by atoms with Gasteiger partial charge in [0.15, 0.2) is 17.1 Å². The minimum absolute atomic E-state index is 0.00556. The third-order valence-electron chi connectivity index (χ3n) is 6.60. The van der Waals surface area contributed by atoms with Crippen LogP contribution in [0.15, 0.2) is 78.9 Å². The number of esters is 2. The van der Waals surface area contributed by atoms with Crippen molar-refractivity contribution in [1.29, 1.82) is 0 Å². The summed E-state index contributed by atoms with van der Waals surface area (Å²) in [6, 6.07) is 22.9. The largest absolute Gasteiger partial charge is 0.493 e. The Labute approximate surface area is 241 Å². The van der Waals surface area contributed by atoms with Crippen LogP contribution in [0.5, 0.6) is 17.2 Å². The van der Waals surface area contributed by atoms with Gasteiger partial charge in [-0.1, -0.05) is 48.5 Å². The number of rotatable bonds is 12. The molecule has 1 saturated heterocycles. The zero-order chi connectivity index (χ0) is 29.1. The molecule has 1 fully saturated rings. The van der Waals surface area contributed by atoms with E-state index in [0.717, 1.165) is 37.1 Å². The number of carbonyl (C=O) groups is 2. The van der Waals surface area contributed by atoms with Crippen LogP contribution >= 0.6 is 0 Å². The summed E-state index contributed by atoms with van der Waals surface area (Å²) in [5.41, 5.74) is 1.81. The molecule has 0 aromatic heterocycles. The van der Waals surface area contributed by atoms with Crippen LogP contribution in [0.1, 0.15) is 32.3 Å². The van der Waals surface area contributed by atoms with E-state index in [1.165, 1.54) is 13.2 Å². The summed E-state index contributed by atoms with van der Waals surface area (Å²) in [5.74, 6) is 0.326. The molecule has 216 valence electrons. The number of methoxy groups -OCH3 is 1. The molecular formula is C33H37NO7. The van der Waals surface area contributed by atoms with Crippen molar-refractivity contribution in [3.63, 3.8) is 0 Å². The van der Waals surface area contributed by atoms with Gasteiger partial charge >= 0.3 is 11.9 Å². The lowest BCUT2D eigenvalue weighted by molar-refractivity contribution is -0.166. The van der Waals surface area contributed by atoms with E-state index in [0.29, 0.717) is 17.1 Å². The maximum atomic E-state index is 12.9. The Morgan fingerprint density at radius 3 is 2.32 bits per heavy atom. The minimum atomic E-state index is -1.11. The highest BCUT2D eigenvalue weighted by atomic mass is 16.6. The van der Waals surface area contributed by atoms with Gasteiger partial charge in [-0.15, -0.1) is 0 Å². The summed E-state index contributed by atoms with van der Waals surface area (Å²) in [4.78, 5) is 25.0. The van der Waals surface area contributed by atoms with Crippen LogP contribution in [0.25, 0.3) is 17.2 Å². The molecule has 3 aromatic carbocycles. The summed E-state index contributed by atoms with van der Waals surface area (Å²) >= 11 is 0. The molecule has 0 amide bonds. The Bertz CT molecular complexity index is 1310. The lowest BCUT2D eigenvalue weighted by Crippen LogP contribution is -2.44. The van der Waals surface area contributed by atoms with Crippen molar-refractivity contribution in [2.45, 2.75) is 38.4 Å². The quantitative estimate of drug-likeness (QED) is 0.136. The van der Waals surface area contributed by atoms with E-state index in [-0.39, 0.29) is 25.1 Å². The van der Waals surface area contributed by atoms with E-state index in [1.807, 2.05) is 42.5 Å². The van der Waals surface area contributed by atoms with E-state index in [1.54, 1.807) is 38.1 Å². The highest BCUT2D eigenvalue weighted by Crippen LogP contribution is 2.31. The number of hydrogen-bond donors (Lipinski definition) is 1. The fourth-order valence-corrected chi connectivity index (χ4v) is 4.36. The van der Waals surface area contributed by atoms with Crippen molar-refractivity contribution in [1.82, 2.24) is 5.32 Å². The van der Waals surface area contributed by atoms with Gasteiger partial charge in [-0.25, -0.2) is 9.59 Å². The first-order valence-electron chi connectivity index (χ1n) is 13.8. The molecule has 0 aliphatic carbocycles. The molecule has 1 N–H and O–H groups in total. The summed E-state index contributed by atoms with van der Waals surface area (Å²) in [6.07, 6.45) is 4.62. The Hall–Kier alpha value is -4.14. The normalized spacial score (nSPS) is 14.0. The molecule has 1 heterocycles. The highest BCUT2D eigenvalue weighted by Gasteiger charge is 2.35. The molecular weight excluding hydrogens is 522 g/mol. The number of benzene rings is 3. The molecule has 41 heavy (non-hydrogen) atoms. The van der Waals surface area contributed by atoms with Crippen LogP contribution in [0, 0.1) is 0 Å². The smallest absolute Gasteiger partial charge is 0.343 e. The molecule has 3 aromatic rings. The zero-order valence-corrected chi connectivity index (χ0v) is 23.8. The second-order valence-corrected chi connectivity index (χ2v) is 10.1. The average molecular weight is 560 g/mol. The van der Waals surface area contributed by atoms with Gasteiger partial charge < -0.3 is 29.0 Å². The molecule has 4 rings (SSSR count). The standard InChI is InChI=1S/C33H37NO7/c1-33(2,41-28-17-19-34-20-18-28)32(36)40-29-15-9-24(23-30(29)37-3)10-16-31(35)39-22-21-38-27-13-11-26(12-14-27)25-7-5-4-6-8-25/h4-16,23,28,34H,17-22H2,1-3H3/b16-10+. The lowest BCUT2D eigenvalue weighted by Gasteiger charge is -2.31. The fraction of sp³-hybridized carbons (Fsp3) is 0.333. The maximum absolute atomic E-state index is 12.9. The third kappa shape index (κ3) is 8.93. The maximum Gasteiger partial charge on any atom is 0.343 e. The van der Waals surface area contributed by atoms with Crippen LogP contribution in [0.2, 0.25) is 0 Å². The lowest BCUT2D eigenvalue weighted by atomic mass is 10.1. The SMILES string of the molecule is COc1cc(/C=C/C(=O)OCCOc2ccc(-c3ccccc3)cc2)ccc1OC(=O)C(C)(C)OC1CCNCC1. The topological polar surface area (TPSA) is 92.3 Å². The molecule has 8 heteroatoms. The summed E-state index contributed by atoms with van der Waals surface area (Å²) in [7, 11) is 1.49. The first-order valence-corrected chi connectivity index (χ1v) is 13.8. The number of piperidine rings is 1. The number of ether oxygens (including phenoxy) is 5. The number of nitrogens with one attached hydrogen (secondary N) is 1. The zero-order valence-electron chi connectivity index (χ0n) is 23.8. The van der Waals surface area contributed by atoms with Gasteiger partial charge in [0, 0.05) is 6.08 Å². The first kappa shape index (κ1) is 29.8. The molecule has 0 radical (unpaired) electrons. The Morgan fingerprint density at radius 1 is 0.902 bits per heavy atom. The van der Waals surface area contributed by atoms with Crippen LogP contribution in [-0.2, 0) is 19.1 Å². The van der Waals surface area contributed by atoms with Gasteiger partial charge in [0.25, 0.3) is 0 Å². The van der Waals surface area contributed by atoms with Crippen molar-refractivity contribution in [3.05, 3.63) is 84.4 Å². The minimum Gasteiger partial charge on any atom is -0.493 e. The number of hydrogen-bond acceptors (Lipinski definition) is 8. The second-order valence-electron chi connectivity index (χ2n) is 10.1. The molecule has 0 spiro atoms. The van der Waals surface area contributed by atoms with E-state index in [2.05, 4.69) is 17.4 Å². The number of carbonyl (C=O) groups excluding carboxylic acids is 2. The van der Waals surface area contributed by atoms with E-state index in [4.69, 9.17) is 23.7 Å². The molecule has 0 unspecified atom stereocenters. The third-order valence-corrected chi connectivity index (χ3v) is 6.60. The van der Waals surface area contributed by atoms with Gasteiger partial charge in [-0.2, -0.15) is 0 Å². The first-order chi connectivity index (χ1) is 19.8. The van der Waals surface area contributed by atoms with Crippen molar-refractivity contribution in [2.75, 3.05) is 33.4 Å². The summed E-state index contributed by atoms with van der Waals surface area (Å²) < 4.78 is 28.0. The van der Waals surface area contributed by atoms with Crippen LogP contribution in [0.3, 0.4) is 0 Å². The Morgan fingerprint density at radius 2 is 1.61 bits per heavy atom. The Kier molecular flexibility index (Phi) is 10.5. The predicted molar refractivity (Wildman–Crippen MR) is 157 cm³/mol. The fourth-order valence-electron chi connectivity index (χ4n) is 4.36. The molecule has 0 saturated carbocycles. The van der Waals surface area contributed by atoms with Gasteiger partial charge in [0.2, 0.25) is 0 Å². The highest BCUT2D eigenvalue weighted by molar-refractivity contribution is 5.87. The van der Waals surface area contributed by atoms with Gasteiger partial charge in [0.05, 0.1) is 13.2 Å². The van der Waals surface area contributed by atoms with Crippen molar-refractivity contribution < 1.29 is 33.3 Å². The second kappa shape index (κ2) is 14.5. The van der Waals surface area contributed by atoms with Crippen LogP contribution in [0.4, 0.5) is 0 Å². The van der Waals surface area contributed by atoms with Crippen LogP contribution in [-0.4, -0.2) is 57.1 Å². The van der Waals surface area contributed by atoms with E-state index < -0.39 is 17.5 Å². The van der Waals surface area contributed by atoms with E-state index in [9.17, 15) is 9.59 Å². The van der Waals surface area contributed by atoms with Gasteiger partial charge in [-0.05, 0) is 86.8 Å². The predicted octanol–water partition coefficient (Wildman–Crippen LogP) is 5.45. The molecule has 1 aliphatic rings. The summed E-state index contributed by atoms with van der Waals surface area (Å²) in [5, 5.41) is 3.28. The molecule has 0 bridgehead atoms. The van der Waals surface area contributed by atoms with Gasteiger partial charge in [-0.3, -0.25) is 0 Å². The van der Waals surface area contributed by atoms with E-state index >= 15 is 0 Å². The van der Waals surface area contributed by atoms with Crippen molar-refractivity contribution >= 4 is 18.0 Å². The molecule has 8 nitrogen and oxygen atoms in total. The van der Waals surface area contributed by atoms with Crippen molar-refractivity contribution in [2.24, 2.45) is 0 Å². The van der Waals surface area contributed by atoms with Crippen molar-refractivity contribution in [3.8, 4) is 28.4 Å². The average Bonchev–Trinajstić information content (AvgIpc) is 2.99.